The second-order valence-corrected chi connectivity index (χ2v) is 14.8. The van der Waals surface area contributed by atoms with Crippen molar-refractivity contribution in [1.82, 2.24) is 4.90 Å². The molecule has 0 radical (unpaired) electrons. The maximum Gasteiger partial charge on any atom is 0.409 e. The van der Waals surface area contributed by atoms with Crippen molar-refractivity contribution in [2.24, 2.45) is 5.41 Å². The molecule has 220 valence electrons. The summed E-state index contributed by atoms with van der Waals surface area (Å²) in [5.41, 5.74) is 3.46. The number of carbonyl (C=O) groups excluding carboxylic acids is 1. The van der Waals surface area contributed by atoms with E-state index in [1.807, 2.05) is 69.3 Å². The summed E-state index contributed by atoms with van der Waals surface area (Å²) in [5.74, 6) is 0.368. The number of aryl methyl sites for hydroxylation is 1. The molecule has 0 aliphatic carbocycles. The Morgan fingerprint density at radius 2 is 1.66 bits per heavy atom. The fourth-order valence-electron chi connectivity index (χ4n) is 5.50. The number of rotatable bonds is 6. The van der Waals surface area contributed by atoms with E-state index in [9.17, 15) is 13.9 Å². The van der Waals surface area contributed by atoms with E-state index >= 15 is 4.39 Å². The van der Waals surface area contributed by atoms with Gasteiger partial charge < -0.3 is 14.4 Å². The van der Waals surface area contributed by atoms with Gasteiger partial charge in [0.25, 0.3) is 0 Å². The topological polar surface area (TPSA) is 79.2 Å². The van der Waals surface area contributed by atoms with Gasteiger partial charge in [-0.2, -0.15) is 10.6 Å². The molecule has 8 heteroatoms. The number of halogens is 1. The molecule has 1 spiro atoms. The highest BCUT2D eigenvalue weighted by molar-refractivity contribution is 8.22. The zero-order valence-corrected chi connectivity index (χ0v) is 24.9. The van der Waals surface area contributed by atoms with Crippen LogP contribution in [0.3, 0.4) is 0 Å². The zero-order valence-electron chi connectivity index (χ0n) is 24.1. The van der Waals surface area contributed by atoms with Crippen LogP contribution >= 0.6 is 10.6 Å². The summed E-state index contributed by atoms with van der Waals surface area (Å²) in [5, 5.41) is 0. The fraction of sp³-hybridized carbons (Fsp3) is 0.424. The number of carbonyl (C=O) groups is 1. The lowest BCUT2D eigenvalue weighted by Gasteiger charge is -2.44. The lowest BCUT2D eigenvalue weighted by molar-refractivity contribution is -0.0171. The van der Waals surface area contributed by atoms with Gasteiger partial charge in [0.15, 0.2) is 0 Å². The Morgan fingerprint density at radius 3 is 2.34 bits per heavy atom. The van der Waals surface area contributed by atoms with Crippen LogP contribution in [0.15, 0.2) is 66.7 Å². The number of amides is 1. The Kier molecular flexibility index (Phi) is 8.37. The third kappa shape index (κ3) is 7.42. The number of hydrogen-bond acceptors (Lipinski definition) is 5. The van der Waals surface area contributed by atoms with Crippen molar-refractivity contribution < 1.29 is 27.8 Å². The van der Waals surface area contributed by atoms with Crippen LogP contribution in [0.5, 0.6) is 5.75 Å². The molecule has 2 aliphatic heterocycles. The smallest absolute Gasteiger partial charge is 0.409 e. The molecule has 5 rings (SSSR count). The molecule has 6 nitrogen and oxygen atoms in total. The van der Waals surface area contributed by atoms with Crippen LogP contribution in [0, 0.1) is 11.2 Å². The Balaban J connectivity index is 1.21. The van der Waals surface area contributed by atoms with Crippen LogP contribution in [-0.2, 0) is 22.7 Å². The van der Waals surface area contributed by atoms with Crippen molar-refractivity contribution in [3.8, 4) is 16.9 Å². The molecule has 1 fully saturated rings. The van der Waals surface area contributed by atoms with Crippen LogP contribution < -0.4 is 4.74 Å². The van der Waals surface area contributed by atoms with Gasteiger partial charge in [0.1, 0.15) is 17.2 Å². The highest BCUT2D eigenvalue weighted by Crippen LogP contribution is 2.47. The first kappa shape index (κ1) is 29.4. The summed E-state index contributed by atoms with van der Waals surface area (Å²) in [6.07, 6.45) is 2.97. The van der Waals surface area contributed by atoms with E-state index in [4.69, 9.17) is 9.47 Å². The van der Waals surface area contributed by atoms with Gasteiger partial charge >= 0.3 is 6.09 Å². The predicted octanol–water partition coefficient (Wildman–Crippen LogP) is 8.29. The van der Waals surface area contributed by atoms with E-state index in [-0.39, 0.29) is 28.6 Å². The minimum atomic E-state index is -3.02. The van der Waals surface area contributed by atoms with Crippen LogP contribution in [0.2, 0.25) is 0 Å². The standard InChI is InChI=1S/C33H40FNO5S/c1-32(2,3)23-39-31(36)35-17-15-33(16-18-35)14-13-27-19-25(11-12-30(27)40-33)26-9-10-28(29(34)20-26)22-41(37,38)21-24-7-5-4-6-8-24/h4-12,19-20,37-38H,13-18,21-23H2,1-3H3. The molecule has 0 atom stereocenters. The average Bonchev–Trinajstić information content (AvgIpc) is 2.93. The summed E-state index contributed by atoms with van der Waals surface area (Å²) < 4.78 is 48.3. The molecule has 2 heterocycles. The molecule has 2 N–H and O–H groups in total. The molecular formula is C33H40FNO5S. The monoisotopic (exact) mass is 581 g/mol. The SMILES string of the molecule is CC(C)(C)COC(=O)N1CCC2(CCc3cc(-c4ccc(CS(O)(O)Cc5ccccc5)c(F)c4)ccc3O2)CC1. The Labute approximate surface area is 243 Å². The molecular weight excluding hydrogens is 541 g/mol. The maximum atomic E-state index is 15.1. The number of benzene rings is 3. The lowest BCUT2D eigenvalue weighted by Crippen LogP contribution is -2.51. The Morgan fingerprint density at radius 1 is 0.976 bits per heavy atom. The molecule has 0 saturated carbocycles. The van der Waals surface area contributed by atoms with Gasteiger partial charge in [-0.1, -0.05) is 69.3 Å². The lowest BCUT2D eigenvalue weighted by atomic mass is 9.82. The first-order valence-corrected chi connectivity index (χ1v) is 16.1. The van der Waals surface area contributed by atoms with Crippen LogP contribution in [0.1, 0.15) is 56.7 Å². The molecule has 3 aromatic rings. The third-order valence-corrected chi connectivity index (χ3v) is 9.38. The van der Waals surface area contributed by atoms with E-state index < -0.39 is 16.4 Å². The normalized spacial score (nSPS) is 17.1. The molecule has 2 aliphatic rings. The van der Waals surface area contributed by atoms with Crippen molar-refractivity contribution in [3.63, 3.8) is 0 Å². The number of likely N-dealkylation sites (tertiary alicyclic amines) is 1. The van der Waals surface area contributed by atoms with Crippen molar-refractivity contribution in [2.75, 3.05) is 19.7 Å². The highest BCUT2D eigenvalue weighted by Gasteiger charge is 2.41. The predicted molar refractivity (Wildman–Crippen MR) is 162 cm³/mol. The van der Waals surface area contributed by atoms with E-state index in [1.54, 1.807) is 11.0 Å². The van der Waals surface area contributed by atoms with Gasteiger partial charge in [0, 0.05) is 31.5 Å². The van der Waals surface area contributed by atoms with Crippen molar-refractivity contribution in [2.45, 2.75) is 63.6 Å². The first-order valence-electron chi connectivity index (χ1n) is 14.2. The summed E-state index contributed by atoms with van der Waals surface area (Å²) in [4.78, 5) is 14.3. The minimum absolute atomic E-state index is 0.0657. The molecule has 0 unspecified atom stereocenters. The first-order chi connectivity index (χ1) is 19.4. The molecule has 0 aromatic heterocycles. The van der Waals surface area contributed by atoms with Gasteiger partial charge in [0.2, 0.25) is 0 Å². The van der Waals surface area contributed by atoms with Crippen LogP contribution in [-0.4, -0.2) is 45.4 Å². The fourth-order valence-corrected chi connectivity index (χ4v) is 7.06. The van der Waals surface area contributed by atoms with Crippen molar-refractivity contribution in [3.05, 3.63) is 89.2 Å². The summed E-state index contributed by atoms with van der Waals surface area (Å²) >= 11 is 0. The Bertz CT molecular complexity index is 1380. The van der Waals surface area contributed by atoms with Gasteiger partial charge in [0.05, 0.1) is 18.1 Å². The maximum absolute atomic E-state index is 15.1. The van der Waals surface area contributed by atoms with Crippen molar-refractivity contribution >= 4 is 16.7 Å². The number of hydrogen-bond donors (Lipinski definition) is 2. The molecule has 1 amide bonds. The average molecular weight is 582 g/mol. The zero-order chi connectivity index (χ0) is 29.3. The second-order valence-electron chi connectivity index (χ2n) is 12.6. The van der Waals surface area contributed by atoms with Gasteiger partial charge in [-0.3, -0.25) is 9.11 Å². The van der Waals surface area contributed by atoms with E-state index in [0.717, 1.165) is 53.7 Å². The summed E-state index contributed by atoms with van der Waals surface area (Å²) in [6.45, 7) is 7.74. The summed E-state index contributed by atoms with van der Waals surface area (Å²) in [6, 6.07) is 20.1. The second kappa shape index (κ2) is 11.7. The third-order valence-electron chi connectivity index (χ3n) is 7.81. The van der Waals surface area contributed by atoms with Gasteiger partial charge in [-0.05, 0) is 58.7 Å². The summed E-state index contributed by atoms with van der Waals surface area (Å²) in [7, 11) is -3.02. The number of ether oxygens (including phenoxy) is 2. The van der Waals surface area contributed by atoms with E-state index in [1.165, 1.54) is 6.07 Å². The molecule has 41 heavy (non-hydrogen) atoms. The quantitative estimate of drug-likeness (QED) is 0.306. The van der Waals surface area contributed by atoms with Crippen LogP contribution in [0.4, 0.5) is 9.18 Å². The highest BCUT2D eigenvalue weighted by atomic mass is 32.3. The Hall–Kier alpha value is -3.07. The van der Waals surface area contributed by atoms with Crippen molar-refractivity contribution in [1.29, 1.82) is 0 Å². The number of piperidine rings is 1. The molecule has 3 aromatic carbocycles. The van der Waals surface area contributed by atoms with E-state index in [0.29, 0.717) is 25.3 Å². The largest absolute Gasteiger partial charge is 0.487 e. The number of fused-ring (bicyclic) bond motifs is 1. The molecule has 1 saturated heterocycles. The molecule has 0 bridgehead atoms. The number of nitrogens with zero attached hydrogens (tertiary/aromatic N) is 1. The van der Waals surface area contributed by atoms with Gasteiger partial charge in [-0.15, -0.1) is 0 Å². The minimum Gasteiger partial charge on any atom is -0.487 e. The van der Waals surface area contributed by atoms with Gasteiger partial charge in [-0.25, -0.2) is 9.18 Å². The van der Waals surface area contributed by atoms with E-state index in [2.05, 4.69) is 6.07 Å². The van der Waals surface area contributed by atoms with Crippen LogP contribution in [0.25, 0.3) is 11.1 Å².